The van der Waals surface area contributed by atoms with Crippen LogP contribution in [0.2, 0.25) is 0 Å². The molecular formula is C18H14BrNO. The largest absolute Gasteiger partial charge is 0.436 e. The van der Waals surface area contributed by atoms with Crippen LogP contribution in [0, 0.1) is 6.92 Å². The monoisotopic (exact) mass is 339 g/mol. The van der Waals surface area contributed by atoms with E-state index in [0.29, 0.717) is 5.89 Å². The minimum absolute atomic E-state index is 0.644. The topological polar surface area (TPSA) is 26.0 Å². The van der Waals surface area contributed by atoms with E-state index in [1.54, 1.807) is 6.08 Å². The van der Waals surface area contributed by atoms with Crippen LogP contribution in [0.4, 0.5) is 0 Å². The zero-order valence-electron chi connectivity index (χ0n) is 11.6. The van der Waals surface area contributed by atoms with Crippen LogP contribution in [-0.2, 0) is 0 Å². The number of hydrogen-bond donors (Lipinski definition) is 0. The molecule has 0 N–H and O–H groups in total. The van der Waals surface area contributed by atoms with Gasteiger partial charge in [0.2, 0.25) is 5.89 Å². The zero-order chi connectivity index (χ0) is 14.8. The predicted molar refractivity (Wildman–Crippen MR) is 91.1 cm³/mol. The molecule has 1 heterocycles. The van der Waals surface area contributed by atoms with Crippen molar-refractivity contribution in [2.24, 2.45) is 0 Å². The van der Waals surface area contributed by atoms with Crippen molar-refractivity contribution in [1.29, 1.82) is 0 Å². The van der Waals surface area contributed by atoms with Gasteiger partial charge in [-0.15, -0.1) is 0 Å². The molecule has 2 nitrogen and oxygen atoms in total. The quantitative estimate of drug-likeness (QED) is 0.566. The molecule has 0 spiro atoms. The standard InChI is InChI=1S/C18H14BrNO/c1-3-4-5-13-6-7-14(10-12(13)2)18-20-16-9-8-15(19)11-17(16)21-18/h3-11H,1H2,2H3/b5-4-. The van der Waals surface area contributed by atoms with E-state index in [0.717, 1.165) is 26.7 Å². The molecule has 0 saturated heterocycles. The van der Waals surface area contributed by atoms with E-state index in [1.807, 2.05) is 36.4 Å². The van der Waals surface area contributed by atoms with Gasteiger partial charge >= 0.3 is 0 Å². The molecular weight excluding hydrogens is 326 g/mol. The summed E-state index contributed by atoms with van der Waals surface area (Å²) in [6.07, 6.45) is 5.74. The number of fused-ring (bicyclic) bond motifs is 1. The van der Waals surface area contributed by atoms with Crippen molar-refractivity contribution in [3.8, 4) is 11.5 Å². The van der Waals surface area contributed by atoms with Gasteiger partial charge in [0.15, 0.2) is 5.58 Å². The summed E-state index contributed by atoms with van der Waals surface area (Å²) in [6.45, 7) is 5.76. The molecule has 0 radical (unpaired) electrons. The van der Waals surface area contributed by atoms with Crippen LogP contribution in [0.5, 0.6) is 0 Å². The third kappa shape index (κ3) is 2.83. The summed E-state index contributed by atoms with van der Waals surface area (Å²) < 4.78 is 6.82. The number of aryl methyl sites for hydroxylation is 1. The number of rotatable bonds is 3. The van der Waals surface area contributed by atoms with Crippen LogP contribution in [0.15, 0.2) is 64.0 Å². The van der Waals surface area contributed by atoms with Gasteiger partial charge in [-0.1, -0.05) is 46.8 Å². The van der Waals surface area contributed by atoms with Gasteiger partial charge in [0.05, 0.1) is 0 Å². The lowest BCUT2D eigenvalue weighted by atomic mass is 10.0. The van der Waals surface area contributed by atoms with Crippen molar-refractivity contribution in [3.05, 3.63) is 70.7 Å². The highest BCUT2D eigenvalue weighted by Gasteiger charge is 2.09. The van der Waals surface area contributed by atoms with Gasteiger partial charge < -0.3 is 4.42 Å². The highest BCUT2D eigenvalue weighted by Crippen LogP contribution is 2.27. The Bertz CT molecular complexity index is 846. The SMILES string of the molecule is C=C/C=C\c1ccc(-c2nc3ccc(Br)cc3o2)cc1C. The van der Waals surface area contributed by atoms with Crippen molar-refractivity contribution < 1.29 is 4.42 Å². The van der Waals surface area contributed by atoms with E-state index in [2.05, 4.69) is 46.5 Å². The smallest absolute Gasteiger partial charge is 0.227 e. The number of halogens is 1. The minimum Gasteiger partial charge on any atom is -0.436 e. The van der Waals surface area contributed by atoms with Crippen molar-refractivity contribution in [2.45, 2.75) is 6.92 Å². The molecule has 0 saturated carbocycles. The molecule has 3 heteroatoms. The number of aromatic nitrogens is 1. The molecule has 1 aromatic heterocycles. The Morgan fingerprint density at radius 2 is 2.05 bits per heavy atom. The second kappa shape index (κ2) is 5.70. The molecule has 0 unspecified atom stereocenters. The molecule has 0 amide bonds. The first kappa shape index (κ1) is 13.8. The average molecular weight is 340 g/mol. The fraction of sp³-hybridized carbons (Fsp3) is 0.0556. The Morgan fingerprint density at radius 3 is 2.81 bits per heavy atom. The minimum atomic E-state index is 0.644. The Kier molecular flexibility index (Phi) is 3.76. The Hall–Kier alpha value is -2.13. The molecule has 0 fully saturated rings. The molecule has 0 aliphatic heterocycles. The number of nitrogens with zero attached hydrogens (tertiary/aromatic N) is 1. The maximum Gasteiger partial charge on any atom is 0.227 e. The van der Waals surface area contributed by atoms with Crippen molar-refractivity contribution >= 4 is 33.1 Å². The zero-order valence-corrected chi connectivity index (χ0v) is 13.2. The Morgan fingerprint density at radius 1 is 1.19 bits per heavy atom. The Labute approximate surface area is 131 Å². The summed E-state index contributed by atoms with van der Waals surface area (Å²) in [5.74, 6) is 0.644. The van der Waals surface area contributed by atoms with E-state index in [-0.39, 0.29) is 0 Å². The number of hydrogen-bond acceptors (Lipinski definition) is 2. The highest BCUT2D eigenvalue weighted by atomic mass is 79.9. The molecule has 104 valence electrons. The maximum atomic E-state index is 5.84. The highest BCUT2D eigenvalue weighted by molar-refractivity contribution is 9.10. The van der Waals surface area contributed by atoms with Crippen LogP contribution in [-0.4, -0.2) is 4.98 Å². The maximum absolute atomic E-state index is 5.84. The van der Waals surface area contributed by atoms with Gasteiger partial charge in [0.1, 0.15) is 5.52 Å². The summed E-state index contributed by atoms with van der Waals surface area (Å²) in [5.41, 5.74) is 4.97. The molecule has 2 aromatic carbocycles. The number of allylic oxidation sites excluding steroid dienone is 2. The Balaban J connectivity index is 2.04. The van der Waals surface area contributed by atoms with Gasteiger partial charge in [-0.2, -0.15) is 0 Å². The van der Waals surface area contributed by atoms with Crippen LogP contribution >= 0.6 is 15.9 Å². The second-order valence-corrected chi connectivity index (χ2v) is 5.71. The summed E-state index contributed by atoms with van der Waals surface area (Å²) in [7, 11) is 0. The van der Waals surface area contributed by atoms with Crippen LogP contribution in [0.3, 0.4) is 0 Å². The fourth-order valence-corrected chi connectivity index (χ4v) is 2.53. The lowest BCUT2D eigenvalue weighted by molar-refractivity contribution is 0.619. The average Bonchev–Trinajstić information content (AvgIpc) is 2.89. The molecule has 0 bridgehead atoms. The molecule has 3 rings (SSSR count). The van der Waals surface area contributed by atoms with Gasteiger partial charge in [-0.3, -0.25) is 0 Å². The molecule has 0 aliphatic carbocycles. The summed E-state index contributed by atoms with van der Waals surface area (Å²) in [5, 5.41) is 0. The number of benzene rings is 2. The third-order valence-corrected chi connectivity index (χ3v) is 3.77. The molecule has 21 heavy (non-hydrogen) atoms. The normalized spacial score (nSPS) is 11.3. The summed E-state index contributed by atoms with van der Waals surface area (Å²) >= 11 is 3.44. The van der Waals surface area contributed by atoms with Crippen LogP contribution < -0.4 is 0 Å². The first-order valence-electron chi connectivity index (χ1n) is 6.63. The van der Waals surface area contributed by atoms with Crippen LogP contribution in [0.25, 0.3) is 28.6 Å². The first-order chi connectivity index (χ1) is 10.2. The fourth-order valence-electron chi connectivity index (χ4n) is 2.19. The van der Waals surface area contributed by atoms with E-state index >= 15 is 0 Å². The van der Waals surface area contributed by atoms with E-state index in [4.69, 9.17) is 4.42 Å². The van der Waals surface area contributed by atoms with Crippen molar-refractivity contribution in [3.63, 3.8) is 0 Å². The van der Waals surface area contributed by atoms with Crippen molar-refractivity contribution in [1.82, 2.24) is 4.98 Å². The van der Waals surface area contributed by atoms with E-state index in [1.165, 1.54) is 5.56 Å². The van der Waals surface area contributed by atoms with Crippen LogP contribution in [0.1, 0.15) is 11.1 Å². The van der Waals surface area contributed by atoms with E-state index in [9.17, 15) is 0 Å². The second-order valence-electron chi connectivity index (χ2n) is 4.80. The first-order valence-corrected chi connectivity index (χ1v) is 7.43. The lowest BCUT2D eigenvalue weighted by Gasteiger charge is -2.02. The predicted octanol–water partition coefficient (Wildman–Crippen LogP) is 5.76. The van der Waals surface area contributed by atoms with Gasteiger partial charge in [-0.25, -0.2) is 4.98 Å². The number of oxazole rings is 1. The van der Waals surface area contributed by atoms with Gasteiger partial charge in [-0.05, 0) is 48.4 Å². The van der Waals surface area contributed by atoms with Gasteiger partial charge in [0.25, 0.3) is 0 Å². The lowest BCUT2D eigenvalue weighted by Crippen LogP contribution is -1.83. The molecule has 0 aliphatic rings. The van der Waals surface area contributed by atoms with E-state index < -0.39 is 0 Å². The van der Waals surface area contributed by atoms with Gasteiger partial charge in [0, 0.05) is 10.0 Å². The molecule has 3 aromatic rings. The molecule has 0 atom stereocenters. The summed E-state index contributed by atoms with van der Waals surface area (Å²) in [6, 6.07) is 12.0. The van der Waals surface area contributed by atoms with Crippen molar-refractivity contribution in [2.75, 3.05) is 0 Å². The third-order valence-electron chi connectivity index (χ3n) is 3.28. The summed E-state index contributed by atoms with van der Waals surface area (Å²) in [4.78, 5) is 4.54.